The number of halogens is 1. The Kier molecular flexibility index (Phi) is 2.04. The Morgan fingerprint density at radius 2 is 2.25 bits per heavy atom. The van der Waals surface area contributed by atoms with Crippen molar-refractivity contribution < 1.29 is 8.81 Å². The fourth-order valence-electron chi connectivity index (χ4n) is 2.26. The van der Waals surface area contributed by atoms with Gasteiger partial charge >= 0.3 is 0 Å². The molecule has 1 saturated heterocycles. The molecule has 3 heteroatoms. The van der Waals surface area contributed by atoms with Gasteiger partial charge in [0.1, 0.15) is 11.3 Å². The monoisotopic (exact) mass is 219 g/mol. The van der Waals surface area contributed by atoms with E-state index in [9.17, 15) is 4.39 Å². The zero-order valence-electron chi connectivity index (χ0n) is 9.22. The lowest BCUT2D eigenvalue weighted by Gasteiger charge is -2.13. The maximum absolute atomic E-state index is 14.4. The number of hydrogen-bond acceptors (Lipinski definition) is 2. The van der Waals surface area contributed by atoms with E-state index in [0.29, 0.717) is 25.3 Å². The number of furan rings is 1. The summed E-state index contributed by atoms with van der Waals surface area (Å²) in [6.07, 6.45) is 0.492. The van der Waals surface area contributed by atoms with Gasteiger partial charge in [0.05, 0.1) is 0 Å². The normalized spacial score (nSPS) is 25.4. The molecule has 0 spiro atoms. The maximum Gasteiger partial charge on any atom is 0.181 e. The molecule has 1 aliphatic rings. The number of nitrogens with one attached hydrogen (secondary N) is 1. The molecule has 1 aromatic carbocycles. The average molecular weight is 219 g/mol. The van der Waals surface area contributed by atoms with Crippen LogP contribution in [-0.2, 0) is 5.67 Å². The van der Waals surface area contributed by atoms with Crippen LogP contribution in [0.3, 0.4) is 0 Å². The van der Waals surface area contributed by atoms with Crippen LogP contribution in [0, 0.1) is 6.92 Å². The van der Waals surface area contributed by atoms with Crippen molar-refractivity contribution in [3.8, 4) is 0 Å². The first kappa shape index (κ1) is 9.85. The Balaban J connectivity index is 2.11. The van der Waals surface area contributed by atoms with Gasteiger partial charge in [0.25, 0.3) is 0 Å². The minimum absolute atomic E-state index is 0.353. The summed E-state index contributed by atoms with van der Waals surface area (Å²) < 4.78 is 20.0. The lowest BCUT2D eigenvalue weighted by Crippen LogP contribution is -2.22. The number of benzene rings is 1. The molecule has 0 aliphatic carbocycles. The molecule has 2 aromatic rings. The van der Waals surface area contributed by atoms with Crippen molar-refractivity contribution in [1.82, 2.24) is 5.32 Å². The van der Waals surface area contributed by atoms with Crippen LogP contribution in [0.4, 0.5) is 4.39 Å². The van der Waals surface area contributed by atoms with Gasteiger partial charge in [-0.15, -0.1) is 0 Å². The first-order chi connectivity index (χ1) is 7.67. The Bertz CT molecular complexity index is 526. The highest BCUT2D eigenvalue weighted by atomic mass is 19.1. The Labute approximate surface area is 93.4 Å². The molecule has 0 bridgehead atoms. The molecule has 1 aromatic heterocycles. The van der Waals surface area contributed by atoms with E-state index in [1.807, 2.05) is 31.2 Å². The van der Waals surface area contributed by atoms with Gasteiger partial charge < -0.3 is 9.73 Å². The van der Waals surface area contributed by atoms with Crippen molar-refractivity contribution in [3.63, 3.8) is 0 Å². The smallest absolute Gasteiger partial charge is 0.181 e. The average Bonchev–Trinajstić information content (AvgIpc) is 2.84. The number of rotatable bonds is 1. The molecule has 84 valence electrons. The molecule has 2 nitrogen and oxygen atoms in total. The van der Waals surface area contributed by atoms with E-state index in [0.717, 1.165) is 16.5 Å². The van der Waals surface area contributed by atoms with Crippen molar-refractivity contribution in [1.29, 1.82) is 0 Å². The van der Waals surface area contributed by atoms with E-state index in [4.69, 9.17) is 4.42 Å². The summed E-state index contributed by atoms with van der Waals surface area (Å²) >= 11 is 0. The number of aryl methyl sites for hydroxylation is 1. The van der Waals surface area contributed by atoms with Crippen LogP contribution in [0.25, 0.3) is 11.0 Å². The van der Waals surface area contributed by atoms with E-state index in [-0.39, 0.29) is 0 Å². The molecule has 1 N–H and O–H groups in total. The van der Waals surface area contributed by atoms with E-state index in [1.165, 1.54) is 0 Å². The molecule has 0 amide bonds. The number of alkyl halides is 1. The fraction of sp³-hybridized carbons (Fsp3) is 0.385. The summed E-state index contributed by atoms with van der Waals surface area (Å²) in [6.45, 7) is 3.09. The third-order valence-corrected chi connectivity index (χ3v) is 3.22. The third-order valence-electron chi connectivity index (χ3n) is 3.22. The predicted molar refractivity (Wildman–Crippen MR) is 61.2 cm³/mol. The molecular formula is C13H14FNO. The van der Waals surface area contributed by atoms with Gasteiger partial charge in [-0.1, -0.05) is 11.6 Å². The largest absolute Gasteiger partial charge is 0.458 e. The molecule has 2 heterocycles. The minimum atomic E-state index is -1.33. The van der Waals surface area contributed by atoms with Crippen molar-refractivity contribution in [2.45, 2.75) is 19.0 Å². The van der Waals surface area contributed by atoms with Crippen LogP contribution >= 0.6 is 0 Å². The summed E-state index contributed by atoms with van der Waals surface area (Å²) in [4.78, 5) is 0. The summed E-state index contributed by atoms with van der Waals surface area (Å²) in [6, 6.07) is 7.73. The molecular weight excluding hydrogens is 205 g/mol. The van der Waals surface area contributed by atoms with Gasteiger partial charge in [0.2, 0.25) is 0 Å². The highest BCUT2D eigenvalue weighted by Gasteiger charge is 2.38. The first-order valence-electron chi connectivity index (χ1n) is 5.58. The SMILES string of the molecule is Cc1ccc2oc(C3(F)CCNC3)cc2c1. The Morgan fingerprint density at radius 3 is 3.00 bits per heavy atom. The second-order valence-electron chi connectivity index (χ2n) is 4.54. The van der Waals surface area contributed by atoms with Crippen LogP contribution in [0.2, 0.25) is 0 Å². The summed E-state index contributed by atoms with van der Waals surface area (Å²) in [5, 5.41) is 4.02. The lowest BCUT2D eigenvalue weighted by molar-refractivity contribution is 0.158. The van der Waals surface area contributed by atoms with Gasteiger partial charge in [-0.25, -0.2) is 4.39 Å². The topological polar surface area (TPSA) is 25.2 Å². The van der Waals surface area contributed by atoms with Gasteiger partial charge in [-0.05, 0) is 31.7 Å². The van der Waals surface area contributed by atoms with Gasteiger partial charge in [-0.3, -0.25) is 0 Å². The molecule has 0 radical (unpaired) electrons. The summed E-state index contributed by atoms with van der Waals surface area (Å²) in [5.41, 5.74) is 0.606. The zero-order chi connectivity index (χ0) is 11.2. The fourth-order valence-corrected chi connectivity index (χ4v) is 2.26. The molecule has 1 unspecified atom stereocenters. The van der Waals surface area contributed by atoms with Crippen LogP contribution in [0.15, 0.2) is 28.7 Å². The molecule has 1 fully saturated rings. The predicted octanol–water partition coefficient (Wildman–Crippen LogP) is 2.90. The quantitative estimate of drug-likeness (QED) is 0.797. The second-order valence-corrected chi connectivity index (χ2v) is 4.54. The van der Waals surface area contributed by atoms with E-state index in [1.54, 1.807) is 0 Å². The van der Waals surface area contributed by atoms with E-state index < -0.39 is 5.67 Å². The van der Waals surface area contributed by atoms with Gasteiger partial charge in [0, 0.05) is 18.4 Å². The van der Waals surface area contributed by atoms with Crippen LogP contribution in [-0.4, -0.2) is 13.1 Å². The molecule has 3 rings (SSSR count). The van der Waals surface area contributed by atoms with E-state index in [2.05, 4.69) is 5.32 Å². The van der Waals surface area contributed by atoms with Gasteiger partial charge in [0.15, 0.2) is 5.67 Å². The minimum Gasteiger partial charge on any atom is -0.458 e. The molecule has 0 saturated carbocycles. The molecule has 16 heavy (non-hydrogen) atoms. The highest BCUT2D eigenvalue weighted by Crippen LogP contribution is 2.35. The number of hydrogen-bond donors (Lipinski definition) is 1. The van der Waals surface area contributed by atoms with Crippen molar-refractivity contribution in [3.05, 3.63) is 35.6 Å². The number of fused-ring (bicyclic) bond motifs is 1. The van der Waals surface area contributed by atoms with E-state index >= 15 is 0 Å². The van der Waals surface area contributed by atoms with Crippen LogP contribution in [0.1, 0.15) is 17.7 Å². The summed E-state index contributed by atoms with van der Waals surface area (Å²) in [5.74, 6) is 0.457. The van der Waals surface area contributed by atoms with Crippen molar-refractivity contribution in [2.24, 2.45) is 0 Å². The summed E-state index contributed by atoms with van der Waals surface area (Å²) in [7, 11) is 0. The van der Waals surface area contributed by atoms with Crippen molar-refractivity contribution >= 4 is 11.0 Å². The standard InChI is InChI=1S/C13H14FNO/c1-9-2-3-11-10(6-9)7-12(16-11)13(14)4-5-15-8-13/h2-3,6-7,15H,4-5,8H2,1H3. The van der Waals surface area contributed by atoms with Crippen molar-refractivity contribution in [2.75, 3.05) is 13.1 Å². The Morgan fingerprint density at radius 1 is 1.38 bits per heavy atom. The van der Waals surface area contributed by atoms with Gasteiger partial charge in [-0.2, -0.15) is 0 Å². The molecule has 1 aliphatic heterocycles. The lowest BCUT2D eigenvalue weighted by atomic mass is 10.0. The second kappa shape index (κ2) is 3.32. The van der Waals surface area contributed by atoms with Crippen LogP contribution in [0.5, 0.6) is 0 Å². The molecule has 1 atom stereocenters. The zero-order valence-corrected chi connectivity index (χ0v) is 9.22. The van der Waals surface area contributed by atoms with Crippen LogP contribution < -0.4 is 5.32 Å². The third kappa shape index (κ3) is 1.43. The first-order valence-corrected chi connectivity index (χ1v) is 5.58. The highest BCUT2D eigenvalue weighted by molar-refractivity contribution is 5.78. The Hall–Kier alpha value is -1.35. The maximum atomic E-state index is 14.4.